The maximum atomic E-state index is 12.7. The van der Waals surface area contributed by atoms with Gasteiger partial charge < -0.3 is 4.74 Å². The molecule has 154 valence electrons. The number of hydrogen-bond donors (Lipinski definition) is 1. The average Bonchev–Trinajstić information content (AvgIpc) is 2.99. The molecule has 0 aromatic carbocycles. The molecule has 0 unspecified atom stereocenters. The number of rotatable bonds is 4. The van der Waals surface area contributed by atoms with Gasteiger partial charge in [-0.3, -0.25) is 9.68 Å². The predicted molar refractivity (Wildman–Crippen MR) is 104 cm³/mol. The van der Waals surface area contributed by atoms with Gasteiger partial charge in [0.25, 0.3) is 0 Å². The molecule has 0 amide bonds. The van der Waals surface area contributed by atoms with Crippen LogP contribution in [0.15, 0.2) is 23.8 Å². The van der Waals surface area contributed by atoms with Crippen molar-refractivity contribution in [2.75, 3.05) is 6.61 Å². The van der Waals surface area contributed by atoms with Gasteiger partial charge in [0.15, 0.2) is 11.4 Å². The van der Waals surface area contributed by atoms with E-state index in [0.29, 0.717) is 30.8 Å². The Morgan fingerprint density at radius 1 is 1.21 bits per heavy atom. The highest BCUT2D eigenvalue weighted by Crippen LogP contribution is 2.67. The normalized spacial score (nSPS) is 44.4. The van der Waals surface area contributed by atoms with Gasteiger partial charge in [-0.15, -0.1) is 0 Å². The summed E-state index contributed by atoms with van der Waals surface area (Å²) in [5.41, 5.74) is -0.186. The highest BCUT2D eigenvalue weighted by Gasteiger charge is 2.68. The van der Waals surface area contributed by atoms with Crippen LogP contribution in [0.3, 0.4) is 0 Å². The van der Waals surface area contributed by atoms with E-state index in [-0.39, 0.29) is 16.6 Å². The van der Waals surface area contributed by atoms with E-state index in [1.165, 1.54) is 5.57 Å². The molecule has 3 saturated carbocycles. The molecule has 0 aromatic rings. The molecular formula is C23H32O5. The van der Waals surface area contributed by atoms with Crippen LogP contribution >= 0.6 is 0 Å². The molecule has 1 N–H and O–H groups in total. The summed E-state index contributed by atoms with van der Waals surface area (Å²) in [5.74, 6) is 0.784. The highest BCUT2D eigenvalue weighted by molar-refractivity contribution is 6.01. The van der Waals surface area contributed by atoms with Crippen LogP contribution in [0.2, 0.25) is 0 Å². The first kappa shape index (κ1) is 19.8. The van der Waals surface area contributed by atoms with E-state index in [1.54, 1.807) is 6.08 Å². The van der Waals surface area contributed by atoms with E-state index in [4.69, 9.17) is 4.74 Å². The monoisotopic (exact) mass is 388 g/mol. The number of ether oxygens (including phenoxy) is 1. The number of hydrogen-bond acceptors (Lipinski definition) is 5. The minimum absolute atomic E-state index is 0.0643. The Morgan fingerprint density at radius 3 is 2.68 bits per heavy atom. The number of ketones is 1. The summed E-state index contributed by atoms with van der Waals surface area (Å²) in [5, 5.41) is 9.24. The first-order chi connectivity index (χ1) is 13.3. The quantitative estimate of drug-likeness (QED) is 0.568. The summed E-state index contributed by atoms with van der Waals surface area (Å²) < 4.78 is 6.19. The van der Waals surface area contributed by atoms with Gasteiger partial charge in [-0.2, -0.15) is 5.26 Å². The van der Waals surface area contributed by atoms with Crippen LogP contribution < -0.4 is 0 Å². The molecule has 0 aliphatic heterocycles. The van der Waals surface area contributed by atoms with Crippen molar-refractivity contribution in [2.24, 2.45) is 28.6 Å². The van der Waals surface area contributed by atoms with Gasteiger partial charge >= 0.3 is 5.97 Å². The van der Waals surface area contributed by atoms with Gasteiger partial charge in [-0.1, -0.05) is 32.4 Å². The lowest BCUT2D eigenvalue weighted by molar-refractivity contribution is -0.268. The summed E-state index contributed by atoms with van der Waals surface area (Å²) in [4.78, 5) is 28.9. The third-order valence-corrected chi connectivity index (χ3v) is 8.64. The van der Waals surface area contributed by atoms with Crippen LogP contribution in [0, 0.1) is 28.6 Å². The lowest BCUT2D eigenvalue weighted by Crippen LogP contribution is -2.58. The van der Waals surface area contributed by atoms with Crippen LogP contribution in [0.1, 0.15) is 65.7 Å². The SMILES string of the molecule is CCCO[C@]1(C(=O)OO)CC[C@H]2[C@@H]3CCC4=CC(=O)C=C[C@]4(C)[C@H]3CC[C@@]21C. The molecule has 0 spiro atoms. The minimum Gasteiger partial charge on any atom is -0.363 e. The van der Waals surface area contributed by atoms with Crippen molar-refractivity contribution in [3.05, 3.63) is 23.8 Å². The molecule has 3 fully saturated rings. The smallest absolute Gasteiger partial charge is 0.363 e. The summed E-state index contributed by atoms with van der Waals surface area (Å²) in [7, 11) is 0. The molecule has 0 radical (unpaired) electrons. The van der Waals surface area contributed by atoms with Gasteiger partial charge in [0.1, 0.15) is 0 Å². The number of carbonyl (C=O) groups is 2. The van der Waals surface area contributed by atoms with Crippen LogP contribution in [-0.2, 0) is 19.2 Å². The summed E-state index contributed by atoms with van der Waals surface area (Å²) >= 11 is 0. The van der Waals surface area contributed by atoms with E-state index in [9.17, 15) is 14.8 Å². The molecule has 4 aliphatic carbocycles. The second kappa shape index (κ2) is 6.81. The standard InChI is InChI=1S/C23H32O5/c1-4-13-27-23(20(25)28-26)12-9-19-17-6-5-15-14-16(24)7-10-21(15,2)18(17)8-11-22(19,23)3/h7,10,14,17-19,26H,4-6,8-9,11-13H2,1-3H3/t17-,18+,19+,21+,22+,23+/m1/s1. The Hall–Kier alpha value is -1.46. The van der Waals surface area contributed by atoms with Crippen molar-refractivity contribution >= 4 is 11.8 Å². The molecular weight excluding hydrogens is 356 g/mol. The van der Waals surface area contributed by atoms with E-state index >= 15 is 0 Å². The van der Waals surface area contributed by atoms with Crippen molar-refractivity contribution in [3.63, 3.8) is 0 Å². The fraction of sp³-hybridized carbons (Fsp3) is 0.739. The van der Waals surface area contributed by atoms with Gasteiger partial charge in [-0.25, -0.2) is 4.79 Å². The van der Waals surface area contributed by atoms with E-state index in [2.05, 4.69) is 24.8 Å². The Labute approximate surface area is 167 Å². The van der Waals surface area contributed by atoms with Crippen molar-refractivity contribution in [1.29, 1.82) is 0 Å². The maximum Gasteiger partial charge on any atom is 0.374 e. The van der Waals surface area contributed by atoms with Gasteiger partial charge in [-0.05, 0) is 74.9 Å². The highest BCUT2D eigenvalue weighted by atomic mass is 17.1. The molecule has 0 aromatic heterocycles. The lowest BCUT2D eigenvalue weighted by atomic mass is 9.47. The third-order valence-electron chi connectivity index (χ3n) is 8.64. The van der Waals surface area contributed by atoms with Crippen molar-refractivity contribution in [2.45, 2.75) is 71.3 Å². The minimum atomic E-state index is -1.05. The van der Waals surface area contributed by atoms with E-state index in [1.807, 2.05) is 13.0 Å². The lowest BCUT2D eigenvalue weighted by Gasteiger charge is -2.58. The summed E-state index contributed by atoms with van der Waals surface area (Å²) in [6.45, 7) is 6.96. The molecule has 6 atom stereocenters. The average molecular weight is 389 g/mol. The summed E-state index contributed by atoms with van der Waals surface area (Å²) in [6.07, 6.45) is 11.9. The topological polar surface area (TPSA) is 72.8 Å². The van der Waals surface area contributed by atoms with Crippen molar-refractivity contribution in [1.82, 2.24) is 0 Å². The number of fused-ring (bicyclic) bond motifs is 5. The predicted octanol–water partition coefficient (Wildman–Crippen LogP) is 4.48. The van der Waals surface area contributed by atoms with Crippen LogP contribution in [0.5, 0.6) is 0 Å². The number of carbonyl (C=O) groups excluding carboxylic acids is 2. The molecule has 28 heavy (non-hydrogen) atoms. The number of allylic oxidation sites excluding steroid dienone is 4. The van der Waals surface area contributed by atoms with Crippen molar-refractivity contribution < 1.29 is 24.5 Å². The molecule has 0 heterocycles. The van der Waals surface area contributed by atoms with Crippen molar-refractivity contribution in [3.8, 4) is 0 Å². The Morgan fingerprint density at radius 2 is 1.96 bits per heavy atom. The second-order valence-electron chi connectivity index (χ2n) is 9.65. The third kappa shape index (κ3) is 2.51. The fourth-order valence-corrected chi connectivity index (χ4v) is 7.18. The first-order valence-corrected chi connectivity index (χ1v) is 10.8. The summed E-state index contributed by atoms with van der Waals surface area (Å²) in [6, 6.07) is 0. The molecule has 0 saturated heterocycles. The molecule has 5 nitrogen and oxygen atoms in total. The largest absolute Gasteiger partial charge is 0.374 e. The molecule has 4 aliphatic rings. The zero-order valence-corrected chi connectivity index (χ0v) is 17.2. The Bertz CT molecular complexity index is 739. The molecule has 4 rings (SSSR count). The molecule has 0 bridgehead atoms. The fourth-order valence-electron chi connectivity index (χ4n) is 7.18. The van der Waals surface area contributed by atoms with E-state index in [0.717, 1.165) is 38.5 Å². The Balaban J connectivity index is 1.68. The maximum absolute atomic E-state index is 12.7. The zero-order valence-electron chi connectivity index (χ0n) is 17.2. The second-order valence-corrected chi connectivity index (χ2v) is 9.65. The van der Waals surface area contributed by atoms with Crippen LogP contribution in [0.25, 0.3) is 0 Å². The van der Waals surface area contributed by atoms with E-state index < -0.39 is 11.6 Å². The van der Waals surface area contributed by atoms with Crippen LogP contribution in [-0.4, -0.2) is 29.2 Å². The van der Waals surface area contributed by atoms with Gasteiger partial charge in [0, 0.05) is 17.4 Å². The molecule has 5 heteroatoms. The first-order valence-electron chi connectivity index (χ1n) is 10.8. The van der Waals surface area contributed by atoms with Gasteiger partial charge in [0.05, 0.1) is 0 Å². The van der Waals surface area contributed by atoms with Gasteiger partial charge in [0.2, 0.25) is 0 Å². The van der Waals surface area contributed by atoms with Crippen LogP contribution in [0.4, 0.5) is 0 Å². The Kier molecular flexibility index (Phi) is 4.82. The zero-order chi connectivity index (χ0) is 20.2.